The summed E-state index contributed by atoms with van der Waals surface area (Å²) in [4.78, 5) is 15.7. The van der Waals surface area contributed by atoms with Crippen LogP contribution < -0.4 is 10.2 Å². The number of anilines is 3. The zero-order chi connectivity index (χ0) is 17.1. The van der Waals surface area contributed by atoms with E-state index >= 15 is 0 Å². The second kappa shape index (κ2) is 6.93. The minimum Gasteiger partial charge on any atom is -0.357 e. The quantitative estimate of drug-likeness (QED) is 0.789. The molecule has 4 heterocycles. The van der Waals surface area contributed by atoms with Gasteiger partial charge < -0.3 is 14.8 Å². The summed E-state index contributed by atoms with van der Waals surface area (Å²) in [6.07, 6.45) is 9.74. The van der Waals surface area contributed by atoms with Crippen molar-refractivity contribution in [1.82, 2.24) is 19.5 Å². The molecule has 1 saturated heterocycles. The van der Waals surface area contributed by atoms with Crippen molar-refractivity contribution in [1.29, 1.82) is 0 Å². The number of aromatic nitrogens is 4. The van der Waals surface area contributed by atoms with Crippen molar-refractivity contribution < 1.29 is 0 Å². The summed E-state index contributed by atoms with van der Waals surface area (Å²) >= 11 is 0. The summed E-state index contributed by atoms with van der Waals surface area (Å²) in [6.45, 7) is 4.47. The lowest BCUT2D eigenvalue weighted by Gasteiger charge is -2.31. The second-order valence-corrected chi connectivity index (χ2v) is 6.55. The fraction of sp³-hybridized carbons (Fsp3) is 0.316. The smallest absolute Gasteiger partial charge is 0.150 e. The van der Waals surface area contributed by atoms with Gasteiger partial charge in [0.1, 0.15) is 23.8 Å². The van der Waals surface area contributed by atoms with Gasteiger partial charge in [-0.05, 0) is 43.0 Å². The Labute approximate surface area is 147 Å². The molecule has 0 aliphatic carbocycles. The number of hydrogen-bond donors (Lipinski definition) is 1. The van der Waals surface area contributed by atoms with Crippen molar-refractivity contribution in [2.75, 3.05) is 23.3 Å². The summed E-state index contributed by atoms with van der Waals surface area (Å²) in [6, 6.07) is 10.00. The molecule has 0 radical (unpaired) electrons. The second-order valence-electron chi connectivity index (χ2n) is 6.55. The molecule has 0 unspecified atom stereocenters. The van der Waals surface area contributed by atoms with Crippen LogP contribution in [0, 0.1) is 5.92 Å². The van der Waals surface area contributed by atoms with Crippen LogP contribution in [-0.2, 0) is 0 Å². The molecule has 1 fully saturated rings. The van der Waals surface area contributed by atoms with Gasteiger partial charge in [-0.3, -0.25) is 4.98 Å². The number of hydrogen-bond acceptors (Lipinski definition) is 5. The number of piperidine rings is 1. The van der Waals surface area contributed by atoms with E-state index in [4.69, 9.17) is 4.98 Å². The Morgan fingerprint density at radius 2 is 1.96 bits per heavy atom. The SMILES string of the molecule is CC1CCN(c2cccc(Nc3cn(-c4cccnc4)cn3)n2)CC1. The molecule has 25 heavy (non-hydrogen) atoms. The van der Waals surface area contributed by atoms with Crippen LogP contribution in [0.3, 0.4) is 0 Å². The lowest BCUT2D eigenvalue weighted by Crippen LogP contribution is -2.33. The molecule has 6 nitrogen and oxygen atoms in total. The molecule has 1 N–H and O–H groups in total. The van der Waals surface area contributed by atoms with Crippen molar-refractivity contribution >= 4 is 17.5 Å². The van der Waals surface area contributed by atoms with E-state index in [1.165, 1.54) is 12.8 Å². The third-order valence-corrected chi connectivity index (χ3v) is 4.62. The standard InChI is InChI=1S/C19H22N6/c1-15-7-10-24(11-8-15)19-6-2-5-17(23-19)22-18-13-25(14-21-18)16-4-3-9-20-12-16/h2-6,9,12-15H,7-8,10-11H2,1H3,(H,22,23). The van der Waals surface area contributed by atoms with Gasteiger partial charge in [0, 0.05) is 19.3 Å². The Morgan fingerprint density at radius 3 is 2.76 bits per heavy atom. The average Bonchev–Trinajstić information content (AvgIpc) is 3.12. The van der Waals surface area contributed by atoms with E-state index in [-0.39, 0.29) is 0 Å². The number of imidazole rings is 1. The fourth-order valence-corrected chi connectivity index (χ4v) is 3.07. The average molecular weight is 334 g/mol. The van der Waals surface area contributed by atoms with E-state index in [2.05, 4.69) is 33.2 Å². The topological polar surface area (TPSA) is 58.9 Å². The monoisotopic (exact) mass is 334 g/mol. The Kier molecular flexibility index (Phi) is 4.33. The van der Waals surface area contributed by atoms with E-state index < -0.39 is 0 Å². The largest absolute Gasteiger partial charge is 0.357 e. The van der Waals surface area contributed by atoms with Crippen molar-refractivity contribution in [2.45, 2.75) is 19.8 Å². The van der Waals surface area contributed by atoms with Gasteiger partial charge in [0.2, 0.25) is 0 Å². The summed E-state index contributed by atoms with van der Waals surface area (Å²) < 4.78 is 1.94. The summed E-state index contributed by atoms with van der Waals surface area (Å²) in [5.74, 6) is 3.42. The van der Waals surface area contributed by atoms with Crippen molar-refractivity contribution in [3.8, 4) is 5.69 Å². The highest BCUT2D eigenvalue weighted by Crippen LogP contribution is 2.23. The minimum absolute atomic E-state index is 0.765. The first-order valence-corrected chi connectivity index (χ1v) is 8.71. The Bertz CT molecular complexity index is 821. The van der Waals surface area contributed by atoms with Gasteiger partial charge in [0.15, 0.2) is 0 Å². The van der Waals surface area contributed by atoms with Crippen LogP contribution in [0.15, 0.2) is 55.2 Å². The summed E-state index contributed by atoms with van der Waals surface area (Å²) in [5.41, 5.74) is 0.979. The molecule has 0 aromatic carbocycles. The zero-order valence-corrected chi connectivity index (χ0v) is 14.3. The van der Waals surface area contributed by atoms with Gasteiger partial charge in [-0.2, -0.15) is 0 Å². The van der Waals surface area contributed by atoms with Crippen LogP contribution in [0.1, 0.15) is 19.8 Å². The molecule has 3 aromatic rings. The van der Waals surface area contributed by atoms with E-state index in [0.29, 0.717) is 0 Å². The third-order valence-electron chi connectivity index (χ3n) is 4.62. The summed E-state index contributed by atoms with van der Waals surface area (Å²) in [5, 5.41) is 3.29. The maximum Gasteiger partial charge on any atom is 0.150 e. The summed E-state index contributed by atoms with van der Waals surface area (Å²) in [7, 11) is 0. The number of rotatable bonds is 4. The maximum atomic E-state index is 4.75. The molecular weight excluding hydrogens is 312 g/mol. The van der Waals surface area contributed by atoms with Crippen LogP contribution in [0.5, 0.6) is 0 Å². The van der Waals surface area contributed by atoms with Crippen molar-refractivity contribution in [3.05, 3.63) is 55.2 Å². The molecular formula is C19H22N6. The number of nitrogens with one attached hydrogen (secondary N) is 1. The predicted octanol–water partition coefficient (Wildman–Crippen LogP) is 3.64. The molecule has 1 aliphatic heterocycles. The molecule has 4 rings (SSSR count). The van der Waals surface area contributed by atoms with Gasteiger partial charge in [0.25, 0.3) is 0 Å². The highest BCUT2D eigenvalue weighted by atomic mass is 15.2. The highest BCUT2D eigenvalue weighted by molar-refractivity contribution is 5.55. The molecule has 0 bridgehead atoms. The van der Waals surface area contributed by atoms with Crippen LogP contribution in [0.4, 0.5) is 17.5 Å². The lowest BCUT2D eigenvalue weighted by molar-refractivity contribution is 0.436. The molecule has 128 valence electrons. The molecule has 0 atom stereocenters. The van der Waals surface area contributed by atoms with Crippen molar-refractivity contribution in [3.63, 3.8) is 0 Å². The first-order valence-electron chi connectivity index (χ1n) is 8.71. The normalized spacial score (nSPS) is 15.3. The molecule has 0 saturated carbocycles. The van der Waals surface area contributed by atoms with Crippen LogP contribution >= 0.6 is 0 Å². The Balaban J connectivity index is 1.48. The van der Waals surface area contributed by atoms with Gasteiger partial charge in [-0.25, -0.2) is 9.97 Å². The van der Waals surface area contributed by atoms with E-state index in [9.17, 15) is 0 Å². The first kappa shape index (κ1) is 15.6. The fourth-order valence-electron chi connectivity index (χ4n) is 3.07. The minimum atomic E-state index is 0.765. The lowest BCUT2D eigenvalue weighted by atomic mass is 9.99. The van der Waals surface area contributed by atoms with Crippen molar-refractivity contribution in [2.24, 2.45) is 5.92 Å². The van der Waals surface area contributed by atoms with Crippen LogP contribution in [0.2, 0.25) is 0 Å². The molecule has 6 heteroatoms. The van der Waals surface area contributed by atoms with E-state index in [0.717, 1.165) is 42.1 Å². The van der Waals surface area contributed by atoms with Crippen LogP contribution in [-0.4, -0.2) is 32.6 Å². The highest BCUT2D eigenvalue weighted by Gasteiger charge is 2.17. The third kappa shape index (κ3) is 3.63. The maximum absolute atomic E-state index is 4.75. The van der Waals surface area contributed by atoms with E-state index in [1.807, 2.05) is 41.2 Å². The first-order chi connectivity index (χ1) is 12.3. The Morgan fingerprint density at radius 1 is 1.08 bits per heavy atom. The molecule has 0 amide bonds. The number of nitrogens with zero attached hydrogens (tertiary/aromatic N) is 5. The predicted molar refractivity (Wildman–Crippen MR) is 99.5 cm³/mol. The van der Waals surface area contributed by atoms with Crippen LogP contribution in [0.25, 0.3) is 5.69 Å². The molecule has 3 aromatic heterocycles. The zero-order valence-electron chi connectivity index (χ0n) is 14.3. The van der Waals surface area contributed by atoms with Gasteiger partial charge >= 0.3 is 0 Å². The van der Waals surface area contributed by atoms with Gasteiger partial charge in [-0.1, -0.05) is 13.0 Å². The molecule has 0 spiro atoms. The van der Waals surface area contributed by atoms with Gasteiger partial charge in [-0.15, -0.1) is 0 Å². The van der Waals surface area contributed by atoms with E-state index in [1.54, 1.807) is 12.5 Å². The molecule has 1 aliphatic rings. The van der Waals surface area contributed by atoms with Gasteiger partial charge in [0.05, 0.1) is 18.1 Å². The number of pyridine rings is 2. The Hall–Kier alpha value is -2.89.